The fraction of sp³-hybridized carbons (Fsp3) is 0.583. The number of aromatic nitrogens is 4. The second kappa shape index (κ2) is 6.02. The van der Waals surface area contributed by atoms with Crippen LogP contribution < -0.4 is 16.6 Å². The number of H-pyrrole nitrogens is 1. The van der Waals surface area contributed by atoms with Crippen LogP contribution in [0, 0.1) is 0 Å². The Morgan fingerprint density at radius 2 is 2.15 bits per heavy atom. The Morgan fingerprint density at radius 1 is 1.40 bits per heavy atom. The number of imidazole rings is 1. The van der Waals surface area contributed by atoms with Crippen LogP contribution in [0.5, 0.6) is 0 Å². The van der Waals surface area contributed by atoms with Crippen molar-refractivity contribution in [2.75, 3.05) is 20.8 Å². The minimum absolute atomic E-state index is 0.356. The van der Waals surface area contributed by atoms with Crippen LogP contribution in [-0.4, -0.2) is 39.9 Å². The molecule has 0 saturated carbocycles. The van der Waals surface area contributed by atoms with Gasteiger partial charge in [0.1, 0.15) is 11.3 Å². The third kappa shape index (κ3) is 2.52. The van der Waals surface area contributed by atoms with Crippen molar-refractivity contribution >= 4 is 11.2 Å². The molecular formula is C12H19N5O3. The van der Waals surface area contributed by atoms with Crippen LogP contribution in [0.2, 0.25) is 0 Å². The number of nitrogens with zero attached hydrogens (tertiary/aromatic N) is 3. The van der Waals surface area contributed by atoms with Crippen LogP contribution in [0.15, 0.2) is 9.59 Å². The summed E-state index contributed by atoms with van der Waals surface area (Å²) in [5, 5.41) is 2.96. The average molecular weight is 281 g/mol. The molecular weight excluding hydrogens is 262 g/mol. The van der Waals surface area contributed by atoms with E-state index in [1.54, 1.807) is 14.2 Å². The third-order valence-corrected chi connectivity index (χ3v) is 3.10. The molecule has 0 amide bonds. The summed E-state index contributed by atoms with van der Waals surface area (Å²) in [7, 11) is 4.87. The average Bonchev–Trinajstić information content (AvgIpc) is 2.84. The first-order valence-corrected chi connectivity index (χ1v) is 6.42. The minimum atomic E-state index is -0.360. The first-order valence-electron chi connectivity index (χ1n) is 6.42. The summed E-state index contributed by atoms with van der Waals surface area (Å²) in [4.78, 5) is 31.6. The zero-order chi connectivity index (χ0) is 14.7. The maximum atomic E-state index is 12.2. The molecule has 0 spiro atoms. The normalized spacial score (nSPS) is 11.3. The fourth-order valence-electron chi connectivity index (χ4n) is 2.10. The quantitative estimate of drug-likeness (QED) is 0.675. The van der Waals surface area contributed by atoms with Crippen molar-refractivity contribution in [3.05, 3.63) is 26.7 Å². The zero-order valence-corrected chi connectivity index (χ0v) is 11.9. The Kier molecular flexibility index (Phi) is 4.35. The van der Waals surface area contributed by atoms with E-state index >= 15 is 0 Å². The van der Waals surface area contributed by atoms with Crippen LogP contribution >= 0.6 is 0 Å². The van der Waals surface area contributed by atoms with Gasteiger partial charge in [0.05, 0.1) is 6.54 Å². The lowest BCUT2D eigenvalue weighted by molar-refractivity contribution is 0.190. The van der Waals surface area contributed by atoms with Gasteiger partial charge in [-0.05, 0) is 13.5 Å². The summed E-state index contributed by atoms with van der Waals surface area (Å²) in [5.41, 5.74) is 0.0400. The van der Waals surface area contributed by atoms with Crippen LogP contribution in [0.3, 0.4) is 0 Å². The Bertz CT molecular complexity index is 712. The SMILES string of the molecule is CNCc1nc2c([nH]1)c(=O)n(C)c(=O)n2CCCOC. The summed E-state index contributed by atoms with van der Waals surface area (Å²) in [6.45, 7) is 1.51. The lowest BCUT2D eigenvalue weighted by Crippen LogP contribution is -2.38. The molecule has 2 rings (SSSR count). The molecule has 0 aliphatic heterocycles. The van der Waals surface area contributed by atoms with Crippen LogP contribution in [0.1, 0.15) is 12.2 Å². The summed E-state index contributed by atoms with van der Waals surface area (Å²) < 4.78 is 7.59. The molecule has 0 radical (unpaired) electrons. The van der Waals surface area contributed by atoms with Gasteiger partial charge >= 0.3 is 5.69 Å². The highest BCUT2D eigenvalue weighted by molar-refractivity contribution is 5.69. The van der Waals surface area contributed by atoms with Crippen molar-refractivity contribution in [3.63, 3.8) is 0 Å². The molecule has 0 saturated heterocycles. The monoisotopic (exact) mass is 281 g/mol. The van der Waals surface area contributed by atoms with Crippen molar-refractivity contribution in [2.24, 2.45) is 7.05 Å². The number of fused-ring (bicyclic) bond motifs is 1. The summed E-state index contributed by atoms with van der Waals surface area (Å²) in [6.07, 6.45) is 0.679. The van der Waals surface area contributed by atoms with Gasteiger partial charge in [-0.25, -0.2) is 9.78 Å². The van der Waals surface area contributed by atoms with Crippen LogP contribution in [0.4, 0.5) is 0 Å². The Balaban J connectivity index is 2.58. The van der Waals surface area contributed by atoms with Crippen LogP contribution in [-0.2, 0) is 24.9 Å². The highest BCUT2D eigenvalue weighted by atomic mass is 16.5. The Morgan fingerprint density at radius 3 is 2.80 bits per heavy atom. The summed E-state index contributed by atoms with van der Waals surface area (Å²) >= 11 is 0. The van der Waals surface area contributed by atoms with Crippen molar-refractivity contribution in [3.8, 4) is 0 Å². The van der Waals surface area contributed by atoms with E-state index < -0.39 is 0 Å². The molecule has 0 aliphatic rings. The topological polar surface area (TPSA) is 93.9 Å². The second-order valence-corrected chi connectivity index (χ2v) is 4.56. The van der Waals surface area contributed by atoms with Crippen molar-refractivity contribution in [1.29, 1.82) is 0 Å². The fourth-order valence-corrected chi connectivity index (χ4v) is 2.10. The van der Waals surface area contributed by atoms with Crippen molar-refractivity contribution in [1.82, 2.24) is 24.4 Å². The maximum absolute atomic E-state index is 12.2. The first-order chi connectivity index (χ1) is 9.60. The highest BCUT2D eigenvalue weighted by Gasteiger charge is 2.14. The number of methoxy groups -OCH3 is 1. The lowest BCUT2D eigenvalue weighted by Gasteiger charge is -2.07. The predicted octanol–water partition coefficient (Wildman–Crippen LogP) is -0.821. The van der Waals surface area contributed by atoms with Gasteiger partial charge in [0.25, 0.3) is 5.56 Å². The first kappa shape index (κ1) is 14.5. The standard InChI is InChI=1S/C12H19N5O3/c1-13-7-8-14-9-10(15-8)17(5-4-6-20-3)12(19)16(2)11(9)18/h13H,4-7H2,1-3H3,(H,14,15). The number of hydrogen-bond acceptors (Lipinski definition) is 5. The zero-order valence-electron chi connectivity index (χ0n) is 11.9. The van der Waals surface area contributed by atoms with Gasteiger partial charge in [0.15, 0.2) is 5.65 Å². The van der Waals surface area contributed by atoms with E-state index in [4.69, 9.17) is 4.74 Å². The molecule has 0 bridgehead atoms. The van der Waals surface area contributed by atoms with E-state index in [9.17, 15) is 9.59 Å². The lowest BCUT2D eigenvalue weighted by atomic mass is 10.4. The number of hydrogen-bond donors (Lipinski definition) is 2. The van der Waals surface area contributed by atoms with Gasteiger partial charge in [0.2, 0.25) is 0 Å². The Labute approximate surface area is 115 Å². The second-order valence-electron chi connectivity index (χ2n) is 4.56. The largest absolute Gasteiger partial charge is 0.385 e. The van der Waals surface area contributed by atoms with Gasteiger partial charge in [0, 0.05) is 27.3 Å². The van der Waals surface area contributed by atoms with E-state index in [-0.39, 0.29) is 11.2 Å². The smallest absolute Gasteiger partial charge is 0.332 e. The minimum Gasteiger partial charge on any atom is -0.385 e. The van der Waals surface area contributed by atoms with Crippen LogP contribution in [0.25, 0.3) is 11.2 Å². The summed E-state index contributed by atoms with van der Waals surface area (Å²) in [6, 6.07) is 0. The molecule has 0 fully saturated rings. The number of aromatic amines is 1. The van der Waals surface area contributed by atoms with Crippen molar-refractivity contribution in [2.45, 2.75) is 19.5 Å². The van der Waals surface area contributed by atoms with E-state index in [1.807, 2.05) is 0 Å². The molecule has 20 heavy (non-hydrogen) atoms. The maximum Gasteiger partial charge on any atom is 0.332 e. The molecule has 8 heteroatoms. The van der Waals surface area contributed by atoms with Gasteiger partial charge in [-0.2, -0.15) is 0 Å². The highest BCUT2D eigenvalue weighted by Crippen LogP contribution is 2.06. The van der Waals surface area contributed by atoms with E-state index in [0.717, 1.165) is 4.57 Å². The van der Waals surface area contributed by atoms with Gasteiger partial charge in [-0.3, -0.25) is 13.9 Å². The molecule has 8 nitrogen and oxygen atoms in total. The van der Waals surface area contributed by atoms with Gasteiger partial charge in [-0.15, -0.1) is 0 Å². The number of aryl methyl sites for hydroxylation is 1. The molecule has 0 unspecified atom stereocenters. The van der Waals surface area contributed by atoms with Gasteiger partial charge in [-0.1, -0.05) is 0 Å². The molecule has 0 aliphatic carbocycles. The molecule has 2 heterocycles. The third-order valence-electron chi connectivity index (χ3n) is 3.10. The summed E-state index contributed by atoms with van der Waals surface area (Å²) in [5.74, 6) is 0.630. The molecule has 0 atom stereocenters. The number of ether oxygens (including phenoxy) is 1. The molecule has 2 aromatic rings. The Hall–Kier alpha value is -1.93. The molecule has 2 aromatic heterocycles. The molecule has 110 valence electrons. The molecule has 0 aromatic carbocycles. The molecule has 2 N–H and O–H groups in total. The van der Waals surface area contributed by atoms with E-state index in [1.165, 1.54) is 11.6 Å². The predicted molar refractivity (Wildman–Crippen MR) is 74.9 cm³/mol. The van der Waals surface area contributed by atoms with E-state index in [0.29, 0.717) is 43.1 Å². The van der Waals surface area contributed by atoms with Gasteiger partial charge < -0.3 is 15.0 Å². The number of rotatable bonds is 6. The van der Waals surface area contributed by atoms with Crippen molar-refractivity contribution < 1.29 is 4.74 Å². The van der Waals surface area contributed by atoms with E-state index in [2.05, 4.69) is 15.3 Å². The number of nitrogens with one attached hydrogen (secondary N) is 2.